The fraction of sp³-hybridized carbons (Fsp3) is 0.846. The van der Waals surface area contributed by atoms with E-state index in [-0.39, 0.29) is 6.04 Å². The number of rotatable bonds is 2. The third-order valence-corrected chi connectivity index (χ3v) is 4.41. The molecule has 2 nitrogen and oxygen atoms in total. The largest absolute Gasteiger partial charge is 0.270 e. The van der Waals surface area contributed by atoms with Crippen molar-refractivity contribution in [3.05, 3.63) is 0 Å². The molecule has 0 heterocycles. The zero-order valence-electron chi connectivity index (χ0n) is 9.41. The Hall–Kier alpha value is -0.520. The molecule has 0 bridgehead atoms. The van der Waals surface area contributed by atoms with E-state index in [0.717, 1.165) is 11.8 Å². The maximum atomic E-state index is 5.49. The van der Waals surface area contributed by atoms with Gasteiger partial charge in [0, 0.05) is 0 Å². The van der Waals surface area contributed by atoms with E-state index in [1.807, 2.05) is 0 Å². The summed E-state index contributed by atoms with van der Waals surface area (Å²) in [6.45, 7) is 0. The number of nitrogens with two attached hydrogens (primary N) is 1. The summed E-state index contributed by atoms with van der Waals surface area (Å²) < 4.78 is 0. The lowest BCUT2D eigenvalue weighted by Gasteiger charge is -2.40. The average Bonchev–Trinajstić information content (AvgIpc) is 2.30. The molecule has 2 aliphatic carbocycles. The van der Waals surface area contributed by atoms with Crippen LogP contribution in [-0.2, 0) is 0 Å². The first kappa shape index (κ1) is 11.0. The molecule has 2 saturated carbocycles. The number of hydrogen-bond donors (Lipinski definition) is 2. The molecule has 0 aromatic rings. The molecule has 0 aliphatic heterocycles. The molecule has 0 amide bonds. The predicted octanol–water partition coefficient (Wildman–Crippen LogP) is 2.06. The van der Waals surface area contributed by atoms with E-state index in [1.165, 1.54) is 44.9 Å². The maximum absolute atomic E-state index is 5.49. The van der Waals surface area contributed by atoms with Crippen molar-refractivity contribution in [1.29, 1.82) is 0 Å². The molecule has 15 heavy (non-hydrogen) atoms. The number of terminal acetylenes is 1. The summed E-state index contributed by atoms with van der Waals surface area (Å²) in [5.41, 5.74) is 2.78. The summed E-state index contributed by atoms with van der Waals surface area (Å²) in [5, 5.41) is 0. The fourth-order valence-electron chi connectivity index (χ4n) is 3.53. The summed E-state index contributed by atoms with van der Waals surface area (Å²) in [4.78, 5) is 0. The van der Waals surface area contributed by atoms with E-state index in [0.29, 0.717) is 5.92 Å². The average molecular weight is 206 g/mol. The molecular weight excluding hydrogens is 184 g/mol. The minimum Gasteiger partial charge on any atom is -0.270 e. The Morgan fingerprint density at radius 3 is 2.53 bits per heavy atom. The van der Waals surface area contributed by atoms with Crippen LogP contribution in [0.2, 0.25) is 0 Å². The van der Waals surface area contributed by atoms with Crippen LogP contribution in [0.25, 0.3) is 0 Å². The molecule has 2 fully saturated rings. The summed E-state index contributed by atoms with van der Waals surface area (Å²) in [6, 6.07) is 0.0906. The zero-order chi connectivity index (χ0) is 10.7. The first-order chi connectivity index (χ1) is 7.35. The Morgan fingerprint density at radius 2 is 1.87 bits per heavy atom. The second kappa shape index (κ2) is 5.01. The summed E-state index contributed by atoms with van der Waals surface area (Å²) in [5.74, 6) is 10.8. The smallest absolute Gasteiger partial charge is 0.0843 e. The molecule has 0 saturated heterocycles. The molecule has 4 unspecified atom stereocenters. The van der Waals surface area contributed by atoms with Crippen LogP contribution in [0.1, 0.15) is 44.9 Å². The molecule has 3 N–H and O–H groups in total. The van der Waals surface area contributed by atoms with Gasteiger partial charge in [0.1, 0.15) is 0 Å². The first-order valence-electron chi connectivity index (χ1n) is 6.27. The van der Waals surface area contributed by atoms with E-state index in [4.69, 9.17) is 12.3 Å². The van der Waals surface area contributed by atoms with Crippen LogP contribution in [-0.4, -0.2) is 6.04 Å². The Morgan fingerprint density at radius 1 is 1.13 bits per heavy atom. The van der Waals surface area contributed by atoms with Gasteiger partial charge >= 0.3 is 0 Å². The zero-order valence-corrected chi connectivity index (χ0v) is 9.41. The molecular formula is C13H22N2. The molecule has 0 radical (unpaired) electrons. The van der Waals surface area contributed by atoms with Gasteiger partial charge in [0.15, 0.2) is 0 Å². The monoisotopic (exact) mass is 206 g/mol. The quantitative estimate of drug-likeness (QED) is 0.412. The highest BCUT2D eigenvalue weighted by Crippen LogP contribution is 2.43. The van der Waals surface area contributed by atoms with Crippen LogP contribution >= 0.6 is 0 Å². The number of hydrogen-bond acceptors (Lipinski definition) is 2. The number of nitrogens with one attached hydrogen (secondary N) is 1. The molecule has 84 valence electrons. The van der Waals surface area contributed by atoms with Gasteiger partial charge in [-0.05, 0) is 37.0 Å². The highest BCUT2D eigenvalue weighted by atomic mass is 15.2. The van der Waals surface area contributed by atoms with Crippen molar-refractivity contribution in [2.45, 2.75) is 51.0 Å². The Balaban J connectivity index is 1.93. The van der Waals surface area contributed by atoms with E-state index in [9.17, 15) is 0 Å². The van der Waals surface area contributed by atoms with Gasteiger partial charge in [0.2, 0.25) is 0 Å². The van der Waals surface area contributed by atoms with E-state index >= 15 is 0 Å². The number of hydrazine groups is 1. The van der Waals surface area contributed by atoms with Crippen LogP contribution in [0.15, 0.2) is 0 Å². The van der Waals surface area contributed by atoms with Gasteiger partial charge in [-0.25, -0.2) is 5.43 Å². The molecule has 0 spiro atoms. The van der Waals surface area contributed by atoms with E-state index < -0.39 is 0 Å². The van der Waals surface area contributed by atoms with Crippen molar-refractivity contribution in [3.8, 4) is 12.3 Å². The van der Waals surface area contributed by atoms with Crippen molar-refractivity contribution < 1.29 is 0 Å². The Bertz CT molecular complexity index is 243. The SMILES string of the molecule is C#CC(NN)C1CCC2CCCCC2C1. The lowest BCUT2D eigenvalue weighted by atomic mass is 9.66. The van der Waals surface area contributed by atoms with Gasteiger partial charge in [-0.15, -0.1) is 6.42 Å². The summed E-state index contributed by atoms with van der Waals surface area (Å²) >= 11 is 0. The molecule has 4 atom stereocenters. The minimum absolute atomic E-state index is 0.0906. The van der Waals surface area contributed by atoms with Crippen molar-refractivity contribution in [1.82, 2.24) is 5.43 Å². The van der Waals surface area contributed by atoms with E-state index in [2.05, 4.69) is 11.3 Å². The van der Waals surface area contributed by atoms with Crippen LogP contribution in [0.5, 0.6) is 0 Å². The highest BCUT2D eigenvalue weighted by Gasteiger charge is 2.34. The molecule has 2 rings (SSSR count). The Labute approximate surface area is 93.0 Å². The summed E-state index contributed by atoms with van der Waals surface area (Å²) in [6.07, 6.45) is 15.2. The van der Waals surface area contributed by atoms with Crippen molar-refractivity contribution in [2.75, 3.05) is 0 Å². The van der Waals surface area contributed by atoms with Gasteiger partial charge in [-0.3, -0.25) is 5.84 Å². The van der Waals surface area contributed by atoms with Crippen LogP contribution in [0.4, 0.5) is 0 Å². The van der Waals surface area contributed by atoms with Crippen molar-refractivity contribution in [2.24, 2.45) is 23.6 Å². The second-order valence-corrected chi connectivity index (χ2v) is 5.19. The fourth-order valence-corrected chi connectivity index (χ4v) is 3.53. The van der Waals surface area contributed by atoms with Crippen LogP contribution in [0.3, 0.4) is 0 Å². The molecule has 0 aromatic heterocycles. The second-order valence-electron chi connectivity index (χ2n) is 5.19. The van der Waals surface area contributed by atoms with Crippen molar-refractivity contribution in [3.63, 3.8) is 0 Å². The molecule has 2 heteroatoms. The number of fused-ring (bicyclic) bond motifs is 1. The lowest BCUT2D eigenvalue weighted by molar-refractivity contribution is 0.119. The van der Waals surface area contributed by atoms with Gasteiger partial charge < -0.3 is 0 Å². The van der Waals surface area contributed by atoms with Crippen LogP contribution < -0.4 is 11.3 Å². The normalized spacial score (nSPS) is 37.7. The van der Waals surface area contributed by atoms with Crippen molar-refractivity contribution >= 4 is 0 Å². The molecule has 2 aliphatic rings. The standard InChI is InChI=1S/C13H22N2/c1-2-13(15-14)12-8-7-10-5-3-4-6-11(10)9-12/h1,10-13,15H,3-9,14H2. The third kappa shape index (κ3) is 2.35. The van der Waals surface area contributed by atoms with Crippen LogP contribution in [0, 0.1) is 30.1 Å². The summed E-state index contributed by atoms with van der Waals surface area (Å²) in [7, 11) is 0. The van der Waals surface area contributed by atoms with Gasteiger partial charge in [-0.1, -0.05) is 31.6 Å². The predicted molar refractivity (Wildman–Crippen MR) is 62.7 cm³/mol. The van der Waals surface area contributed by atoms with Gasteiger partial charge in [0.25, 0.3) is 0 Å². The maximum Gasteiger partial charge on any atom is 0.0843 e. The Kier molecular flexibility index (Phi) is 3.66. The minimum atomic E-state index is 0.0906. The first-order valence-corrected chi connectivity index (χ1v) is 6.27. The van der Waals surface area contributed by atoms with E-state index in [1.54, 1.807) is 0 Å². The topological polar surface area (TPSA) is 38.0 Å². The highest BCUT2D eigenvalue weighted by molar-refractivity contribution is 5.03. The third-order valence-electron chi connectivity index (χ3n) is 4.41. The molecule has 0 aromatic carbocycles. The lowest BCUT2D eigenvalue weighted by Crippen LogP contribution is -2.43. The van der Waals surface area contributed by atoms with Gasteiger partial charge in [-0.2, -0.15) is 0 Å². The van der Waals surface area contributed by atoms with Gasteiger partial charge in [0.05, 0.1) is 6.04 Å².